The predicted octanol–water partition coefficient (Wildman–Crippen LogP) is 3.27. The number of aromatic nitrogens is 2. The molecule has 0 amide bonds. The van der Waals surface area contributed by atoms with E-state index in [-0.39, 0.29) is 19.0 Å². The van der Waals surface area contributed by atoms with Crippen molar-refractivity contribution in [3.05, 3.63) is 91.7 Å². The van der Waals surface area contributed by atoms with Gasteiger partial charge in [-0.3, -0.25) is 18.9 Å². The summed E-state index contributed by atoms with van der Waals surface area (Å²) < 4.78 is 43.4. The summed E-state index contributed by atoms with van der Waals surface area (Å²) in [5.74, 6) is -0.169. The van der Waals surface area contributed by atoms with Crippen LogP contribution in [0, 0.1) is 6.92 Å². The van der Waals surface area contributed by atoms with Gasteiger partial charge >= 0.3 is 19.4 Å². The highest BCUT2D eigenvalue weighted by Crippen LogP contribution is 2.45. The number of aryl methyl sites for hydroxylation is 1. The van der Waals surface area contributed by atoms with Crippen molar-refractivity contribution >= 4 is 29.6 Å². The van der Waals surface area contributed by atoms with Gasteiger partial charge in [-0.25, -0.2) is 14.2 Å². The van der Waals surface area contributed by atoms with Crippen molar-refractivity contribution in [3.63, 3.8) is 0 Å². The fourth-order valence-electron chi connectivity index (χ4n) is 3.34. The second-order valence-corrected chi connectivity index (χ2v) is 10.9. The van der Waals surface area contributed by atoms with Crippen molar-refractivity contribution in [3.8, 4) is 11.5 Å². The third-order valence-electron chi connectivity index (χ3n) is 5.28. The molecule has 4 atom stereocenters. The fourth-order valence-corrected chi connectivity index (χ4v) is 5.08. The van der Waals surface area contributed by atoms with E-state index < -0.39 is 43.5 Å². The number of carbonyl (C=O) groups is 1. The molecule has 4 rings (SSSR count). The molecule has 2 heterocycles. The first-order valence-electron chi connectivity index (χ1n) is 11.5. The van der Waals surface area contributed by atoms with Crippen LogP contribution in [0.1, 0.15) is 18.7 Å². The number of nitrogens with one attached hydrogen (secondary N) is 2. The van der Waals surface area contributed by atoms with Crippen LogP contribution in [0.25, 0.3) is 0 Å². The number of ether oxygens (including phenoxy) is 3. The van der Waals surface area contributed by atoms with Crippen LogP contribution >= 0.6 is 23.7 Å². The van der Waals surface area contributed by atoms with Gasteiger partial charge in [0, 0.05) is 16.2 Å². The lowest BCUT2D eigenvalue weighted by Crippen LogP contribution is -2.37. The van der Waals surface area contributed by atoms with Crippen LogP contribution in [-0.4, -0.2) is 41.1 Å². The van der Waals surface area contributed by atoms with Crippen molar-refractivity contribution in [2.24, 2.45) is 0 Å². The third kappa shape index (κ3) is 7.28. The molecule has 0 saturated carbocycles. The van der Waals surface area contributed by atoms with Gasteiger partial charge in [0.05, 0.1) is 6.61 Å². The maximum Gasteiger partial charge on any atom is 0.459 e. The summed E-state index contributed by atoms with van der Waals surface area (Å²) in [4.78, 5) is 38.6. The molecule has 0 radical (unpaired) electrons. The van der Waals surface area contributed by atoms with E-state index >= 15 is 0 Å². The van der Waals surface area contributed by atoms with Crippen LogP contribution < -0.4 is 25.6 Å². The van der Waals surface area contributed by atoms with Crippen LogP contribution in [-0.2, 0) is 23.4 Å². The Bertz CT molecular complexity index is 1430. The van der Waals surface area contributed by atoms with Crippen molar-refractivity contribution in [2.75, 3.05) is 13.2 Å². The average molecular weight is 610 g/mol. The van der Waals surface area contributed by atoms with Gasteiger partial charge in [-0.15, -0.1) is 0 Å². The number of hydrogen-bond acceptors (Lipinski definition) is 9. The first-order valence-corrected chi connectivity index (χ1v) is 13.8. The summed E-state index contributed by atoms with van der Waals surface area (Å²) in [6.45, 7) is 2.62. The molecule has 12 nitrogen and oxygen atoms in total. The highest BCUT2D eigenvalue weighted by atomic mass is 79.9. The molecular weight excluding hydrogens is 585 g/mol. The summed E-state index contributed by atoms with van der Waals surface area (Å²) in [5.41, 5.74) is -0.838. The van der Waals surface area contributed by atoms with Crippen LogP contribution in [0.15, 0.2) is 74.9 Å². The lowest BCUT2D eigenvalue weighted by atomic mass is 10.3. The van der Waals surface area contributed by atoms with E-state index in [0.717, 1.165) is 4.47 Å². The van der Waals surface area contributed by atoms with Gasteiger partial charge in [0.2, 0.25) is 0 Å². The Kier molecular flexibility index (Phi) is 8.98. The molecule has 14 heteroatoms. The van der Waals surface area contributed by atoms with Gasteiger partial charge in [-0.05, 0) is 50.2 Å². The highest BCUT2D eigenvalue weighted by Gasteiger charge is 2.36. The number of hydrogen-bond donors (Lipinski definition) is 2. The molecule has 1 aliphatic heterocycles. The van der Waals surface area contributed by atoms with Crippen LogP contribution in [0.2, 0.25) is 0 Å². The number of aromatic amines is 1. The number of benzene rings is 2. The maximum atomic E-state index is 13.7. The molecule has 3 aromatic rings. The van der Waals surface area contributed by atoms with Gasteiger partial charge in [-0.1, -0.05) is 34.1 Å². The highest BCUT2D eigenvalue weighted by molar-refractivity contribution is 9.10. The number of nitrogens with zero attached hydrogens (tertiary/aromatic N) is 1. The molecule has 202 valence electrons. The minimum Gasteiger partial charge on any atom is -0.425 e. The molecule has 0 aliphatic carbocycles. The fraction of sp³-hybridized carbons (Fsp3) is 0.292. The molecule has 2 N–H and O–H groups in total. The van der Waals surface area contributed by atoms with E-state index in [1.165, 1.54) is 17.7 Å². The van der Waals surface area contributed by atoms with E-state index in [9.17, 15) is 18.9 Å². The van der Waals surface area contributed by atoms with Gasteiger partial charge in [0.25, 0.3) is 5.56 Å². The topological polar surface area (TPSA) is 147 Å². The summed E-state index contributed by atoms with van der Waals surface area (Å²) in [7, 11) is -4.18. The predicted molar refractivity (Wildman–Crippen MR) is 139 cm³/mol. The van der Waals surface area contributed by atoms with Crippen LogP contribution in [0.3, 0.4) is 0 Å². The van der Waals surface area contributed by atoms with Gasteiger partial charge in [0.1, 0.15) is 24.1 Å². The summed E-state index contributed by atoms with van der Waals surface area (Å²) >= 11 is 3.32. The van der Waals surface area contributed by atoms with Gasteiger partial charge in [0.15, 0.2) is 12.5 Å². The van der Waals surface area contributed by atoms with Gasteiger partial charge < -0.3 is 18.7 Å². The van der Waals surface area contributed by atoms with Crippen molar-refractivity contribution < 1.29 is 32.6 Å². The quantitative estimate of drug-likeness (QED) is 0.199. The van der Waals surface area contributed by atoms with Gasteiger partial charge in [-0.2, -0.15) is 5.09 Å². The number of rotatable bonds is 10. The molecule has 38 heavy (non-hydrogen) atoms. The largest absolute Gasteiger partial charge is 0.459 e. The number of halogens is 1. The first kappa shape index (κ1) is 28.0. The average Bonchev–Trinajstić information content (AvgIpc) is 3.36. The monoisotopic (exact) mass is 609 g/mol. The van der Waals surface area contributed by atoms with Crippen molar-refractivity contribution in [1.29, 1.82) is 0 Å². The zero-order valence-corrected chi connectivity index (χ0v) is 22.8. The molecule has 2 aromatic carbocycles. The molecule has 0 spiro atoms. The Labute approximate surface area is 225 Å². The Morgan fingerprint density at radius 3 is 2.61 bits per heavy atom. The smallest absolute Gasteiger partial charge is 0.425 e. The van der Waals surface area contributed by atoms with E-state index in [4.69, 9.17) is 23.3 Å². The van der Waals surface area contributed by atoms with Crippen LogP contribution in [0.5, 0.6) is 11.5 Å². The zero-order valence-electron chi connectivity index (χ0n) is 20.4. The maximum absolute atomic E-state index is 13.7. The van der Waals surface area contributed by atoms with Crippen molar-refractivity contribution in [2.45, 2.75) is 32.4 Å². The summed E-state index contributed by atoms with van der Waals surface area (Å²) in [6, 6.07) is 13.8. The molecule has 0 bridgehead atoms. The molecule has 1 unspecified atom stereocenters. The molecule has 1 aromatic heterocycles. The standard InChI is InChI=1S/C24H25BrN3O9P/c1-15-12-28(24(31)26-22(15)29)20-13-33-21(36-20)14-34-38(32,37-19-10-8-17(25)9-11-19)27-16(2)23(30)35-18-6-4-3-5-7-18/h3-12,16,20-21H,13-14H2,1-2H3,(H,27,32)(H,26,29,31)/t16-,20+,21+,38?/m0/s1. The number of H-pyrrole nitrogens is 1. The zero-order chi connectivity index (χ0) is 27.3. The lowest BCUT2D eigenvalue weighted by Gasteiger charge is -2.24. The van der Waals surface area contributed by atoms with E-state index in [1.807, 2.05) is 0 Å². The number of esters is 1. The van der Waals surface area contributed by atoms with E-state index in [1.54, 1.807) is 61.5 Å². The lowest BCUT2D eigenvalue weighted by molar-refractivity contribution is -0.136. The van der Waals surface area contributed by atoms with Crippen molar-refractivity contribution in [1.82, 2.24) is 14.6 Å². The Balaban J connectivity index is 1.44. The second-order valence-electron chi connectivity index (χ2n) is 8.26. The van der Waals surface area contributed by atoms with E-state index in [0.29, 0.717) is 11.3 Å². The Hall–Kier alpha value is -3.06. The second kappa shape index (κ2) is 12.2. The summed E-state index contributed by atoms with van der Waals surface area (Å²) in [6.07, 6.45) is -0.498. The minimum atomic E-state index is -4.18. The van der Waals surface area contributed by atoms with Crippen LogP contribution in [0.4, 0.5) is 0 Å². The molecular formula is C24H25BrN3O9P. The third-order valence-corrected chi connectivity index (χ3v) is 7.45. The number of para-hydroxylation sites is 1. The summed E-state index contributed by atoms with van der Waals surface area (Å²) in [5, 5.41) is 2.58. The molecule has 1 saturated heterocycles. The minimum absolute atomic E-state index is 0.0233. The first-order chi connectivity index (χ1) is 18.1. The normalized spacial score (nSPS) is 19.4. The molecule has 1 fully saturated rings. The SMILES string of the molecule is Cc1cn([C@H]2CO[C@@H](COP(=O)(N[C@@H](C)C(=O)Oc3ccccc3)Oc3ccc(Br)cc3)O2)c(=O)[nH]c1=O. The number of carbonyl (C=O) groups excluding carboxylic acids is 1. The Morgan fingerprint density at radius 2 is 1.89 bits per heavy atom. The van der Waals surface area contributed by atoms with E-state index in [2.05, 4.69) is 26.0 Å². The Morgan fingerprint density at radius 1 is 1.18 bits per heavy atom. The molecule has 1 aliphatic rings.